The topological polar surface area (TPSA) is 342 Å². The minimum Gasteiger partial charge on any atom is -0.361 e. The first-order valence-corrected chi connectivity index (χ1v) is 32.0. The molecule has 18 nitrogen and oxygen atoms in total. The van der Waals surface area contributed by atoms with Gasteiger partial charge >= 0.3 is 0 Å². The van der Waals surface area contributed by atoms with Crippen molar-refractivity contribution in [2.24, 2.45) is 34.4 Å². The van der Waals surface area contributed by atoms with Gasteiger partial charge in [0.25, 0.3) is 17.7 Å². The Bertz CT molecular complexity index is 3530. The van der Waals surface area contributed by atoms with Gasteiger partial charge in [-0.15, -0.1) is 12.4 Å². The molecular weight excluding hydrogens is 1180 g/mol. The van der Waals surface area contributed by atoms with Gasteiger partial charge in [-0.05, 0) is 204 Å². The second-order valence-corrected chi connectivity index (χ2v) is 24.2. The van der Waals surface area contributed by atoms with E-state index in [0.717, 1.165) is 66.1 Å². The number of rotatable bonds is 36. The van der Waals surface area contributed by atoms with Gasteiger partial charge in [-0.1, -0.05) is 91.0 Å². The van der Waals surface area contributed by atoms with E-state index < -0.39 is 40.3 Å². The number of unbranched alkanes of at least 4 members (excludes halogenated alkanes) is 3. The fraction of sp³-hybridized carbons (Fsp3) is 0.342. The molecule has 3 aromatic heterocycles. The highest BCUT2D eigenvalue weighted by molar-refractivity contribution is 6.17. The van der Waals surface area contributed by atoms with E-state index in [-0.39, 0.29) is 68.3 Å². The molecule has 0 bridgehead atoms. The lowest BCUT2D eigenvalue weighted by Crippen LogP contribution is -2.57. The van der Waals surface area contributed by atoms with Crippen LogP contribution >= 0.6 is 12.4 Å². The number of halogens is 1. The van der Waals surface area contributed by atoms with Crippen LogP contribution < -0.4 is 50.4 Å². The summed E-state index contributed by atoms with van der Waals surface area (Å²) in [6, 6.07) is 45.8. The number of carbonyl (C=O) groups is 6. The largest absolute Gasteiger partial charge is 0.361 e. The maximum atomic E-state index is 14.3. The van der Waals surface area contributed by atoms with E-state index in [1.54, 1.807) is 36.4 Å². The molecule has 0 spiro atoms. The number of aryl methyl sites for hydroxylation is 3. The third-order valence-electron chi connectivity index (χ3n) is 17.9. The average molecular weight is 1270 g/mol. The highest BCUT2D eigenvalue weighted by Gasteiger charge is 2.43. The molecule has 0 fully saturated rings. The molecule has 484 valence electrons. The van der Waals surface area contributed by atoms with Crippen molar-refractivity contribution in [2.75, 3.05) is 35.6 Å². The highest BCUT2D eigenvalue weighted by atomic mass is 35.5. The van der Waals surface area contributed by atoms with E-state index in [1.807, 2.05) is 128 Å². The zero-order valence-electron chi connectivity index (χ0n) is 52.3. The Morgan fingerprint density at radius 3 is 0.880 bits per heavy atom. The molecule has 3 atom stereocenters. The first kappa shape index (κ1) is 69.3. The molecule has 6 aromatic carbocycles. The number of fused-ring (bicyclic) bond motifs is 3. The zero-order chi connectivity index (χ0) is 64.4. The third kappa shape index (κ3) is 16.7. The van der Waals surface area contributed by atoms with E-state index in [4.69, 9.17) is 34.4 Å². The van der Waals surface area contributed by atoms with Crippen molar-refractivity contribution in [3.8, 4) is 0 Å². The summed E-state index contributed by atoms with van der Waals surface area (Å²) in [5, 5.41) is 12.1. The number of hydrogen-bond acceptors (Lipinski definition) is 12. The van der Waals surface area contributed by atoms with E-state index >= 15 is 0 Å². The lowest BCUT2D eigenvalue weighted by molar-refractivity contribution is -0.135. The van der Waals surface area contributed by atoms with Crippen LogP contribution in [0.15, 0.2) is 164 Å². The summed E-state index contributed by atoms with van der Waals surface area (Å²) in [5.41, 5.74) is 42.7. The maximum Gasteiger partial charge on any atom is 0.252 e. The number of H-pyrrole nitrogens is 3. The number of benzene rings is 6. The molecule has 0 unspecified atom stereocenters. The standard InChI is InChI=1S/C73H88N12O6.ClH/c74-43-10-7-40-71(77,64(86)25-13-16-52-46-80-61-22-4-1-19-58(52)61)68(89)83-55-34-28-49(29-35-55)67(50-30-36-56(37-31-50)84-69(90)72(78,41-8-11-44-75)65(87)26-14-17-53-47-81-62-23-5-2-20-59(53)62)51-32-38-57(39-33-51)85-70(91)73(79,42-9-12-45-76)66(88)27-15-18-54-48-82-63-24-6-3-21-60(54)63;/h1-6,19-24,28-39,46-48,67,80-82H,7-18,25-27,40-45,74-79H2,(H,83,89)(H,84,90)(H,85,91);1H/t71-,72-,73-;/m1./s1. The average Bonchev–Trinajstić information content (AvgIpc) is 2.10. The molecular formula is C73H89ClN12O6. The number of anilines is 3. The first-order valence-electron chi connectivity index (χ1n) is 32.0. The van der Waals surface area contributed by atoms with Gasteiger partial charge in [0.2, 0.25) is 0 Å². The molecule has 19 heteroatoms. The normalized spacial score (nSPS) is 13.5. The fourth-order valence-corrected chi connectivity index (χ4v) is 12.4. The lowest BCUT2D eigenvalue weighted by Gasteiger charge is -2.28. The van der Waals surface area contributed by atoms with Gasteiger partial charge in [0, 0.05) is 93.5 Å². The fourth-order valence-electron chi connectivity index (χ4n) is 12.4. The Balaban J connectivity index is 0.0000109. The van der Waals surface area contributed by atoms with Gasteiger partial charge in [0.15, 0.2) is 34.0 Å². The van der Waals surface area contributed by atoms with Gasteiger partial charge in [0.05, 0.1) is 0 Å². The molecule has 18 N–H and O–H groups in total. The van der Waals surface area contributed by atoms with Gasteiger partial charge in [-0.2, -0.15) is 0 Å². The first-order chi connectivity index (χ1) is 44.1. The SMILES string of the molecule is Cl.NCCCC[C@@](N)(C(=O)CCCc1c[nH]c2ccccc12)C(=O)Nc1ccc(C(c2ccc(NC(=O)[C@@](N)(CCCCN)C(=O)CCCc3c[nH]c4ccccc34)cc2)c2ccc(NC(=O)[C@@](N)(CCCCN)C(=O)CCCc3c[nH]c4ccccc34)cc2)cc1. The predicted molar refractivity (Wildman–Crippen MR) is 372 cm³/mol. The Morgan fingerprint density at radius 2 is 0.620 bits per heavy atom. The Labute approximate surface area is 544 Å². The van der Waals surface area contributed by atoms with Crippen LogP contribution in [0.2, 0.25) is 0 Å². The number of hydrogen-bond donors (Lipinski definition) is 12. The van der Waals surface area contributed by atoms with Crippen LogP contribution in [0.4, 0.5) is 17.1 Å². The van der Waals surface area contributed by atoms with Crippen LogP contribution in [0, 0.1) is 0 Å². The number of ketones is 3. The second kappa shape index (κ2) is 32.6. The molecule has 0 saturated carbocycles. The molecule has 3 amide bonds. The number of nitrogens with two attached hydrogens (primary N) is 6. The van der Waals surface area contributed by atoms with Crippen LogP contribution in [0.1, 0.15) is 136 Å². The summed E-state index contributed by atoms with van der Waals surface area (Å²) >= 11 is 0. The van der Waals surface area contributed by atoms with Gasteiger partial charge in [-0.25, -0.2) is 0 Å². The predicted octanol–water partition coefficient (Wildman–Crippen LogP) is 10.8. The van der Waals surface area contributed by atoms with Crippen LogP contribution in [0.3, 0.4) is 0 Å². The molecule has 0 aliphatic carbocycles. The minimum absolute atomic E-state index is 0. The number of nitrogens with one attached hydrogen (secondary N) is 6. The summed E-state index contributed by atoms with van der Waals surface area (Å²) in [4.78, 5) is 94.9. The molecule has 9 rings (SSSR count). The monoisotopic (exact) mass is 1260 g/mol. The van der Waals surface area contributed by atoms with Crippen molar-refractivity contribution >= 4 is 97.2 Å². The molecule has 9 aromatic rings. The zero-order valence-corrected chi connectivity index (χ0v) is 53.2. The maximum absolute atomic E-state index is 14.3. The molecule has 0 aliphatic rings. The van der Waals surface area contributed by atoms with Gasteiger partial charge in [0.1, 0.15) is 0 Å². The molecule has 92 heavy (non-hydrogen) atoms. The Morgan fingerprint density at radius 1 is 0.359 bits per heavy atom. The summed E-state index contributed by atoms with van der Waals surface area (Å²) in [6.07, 6.45) is 13.2. The van der Waals surface area contributed by atoms with Gasteiger partial charge < -0.3 is 65.3 Å². The molecule has 0 aliphatic heterocycles. The quantitative estimate of drug-likeness (QED) is 0.00991. The smallest absolute Gasteiger partial charge is 0.252 e. The molecule has 0 radical (unpaired) electrons. The number of aromatic nitrogens is 3. The number of amides is 3. The van der Waals surface area contributed by atoms with E-state index in [9.17, 15) is 28.8 Å². The summed E-state index contributed by atoms with van der Waals surface area (Å²) in [6.45, 7) is 1.17. The number of carbonyl (C=O) groups excluding carboxylic acids is 6. The number of para-hydroxylation sites is 3. The van der Waals surface area contributed by atoms with Crippen LogP contribution in [0.5, 0.6) is 0 Å². The van der Waals surface area contributed by atoms with Crippen molar-refractivity contribution < 1.29 is 28.8 Å². The number of Topliss-reactive ketones (excluding diaryl/α,β-unsaturated/α-hetero) is 3. The van der Waals surface area contributed by atoms with Crippen molar-refractivity contribution in [1.82, 2.24) is 15.0 Å². The van der Waals surface area contributed by atoms with Crippen LogP contribution in [-0.2, 0) is 48.0 Å². The van der Waals surface area contributed by atoms with E-state index in [2.05, 4.69) is 30.9 Å². The van der Waals surface area contributed by atoms with Crippen LogP contribution in [-0.4, -0.2) is 86.3 Å². The number of aromatic amines is 3. The summed E-state index contributed by atoms with van der Waals surface area (Å²) < 4.78 is 0. The van der Waals surface area contributed by atoms with Crippen LogP contribution in [0.25, 0.3) is 32.7 Å². The van der Waals surface area contributed by atoms with Crippen molar-refractivity contribution in [3.05, 3.63) is 198 Å². The Hall–Kier alpha value is -8.59. The van der Waals surface area contributed by atoms with Gasteiger partial charge in [-0.3, -0.25) is 28.8 Å². The highest BCUT2D eigenvalue weighted by Crippen LogP contribution is 2.36. The lowest BCUT2D eigenvalue weighted by atomic mass is 9.84. The minimum atomic E-state index is -1.80. The van der Waals surface area contributed by atoms with Crippen molar-refractivity contribution in [3.63, 3.8) is 0 Å². The van der Waals surface area contributed by atoms with E-state index in [1.165, 1.54) is 0 Å². The van der Waals surface area contributed by atoms with Crippen molar-refractivity contribution in [1.29, 1.82) is 0 Å². The summed E-state index contributed by atoms with van der Waals surface area (Å²) in [7, 11) is 0. The third-order valence-corrected chi connectivity index (χ3v) is 17.9. The summed E-state index contributed by atoms with van der Waals surface area (Å²) in [5.74, 6) is -3.34. The Kier molecular flexibility index (Phi) is 24.6. The van der Waals surface area contributed by atoms with Crippen molar-refractivity contribution in [2.45, 2.75) is 138 Å². The second-order valence-electron chi connectivity index (χ2n) is 24.2. The van der Waals surface area contributed by atoms with E-state index in [0.29, 0.717) is 114 Å². The molecule has 3 heterocycles. The molecule has 0 saturated heterocycles.